The second kappa shape index (κ2) is 8.09. The SMILES string of the molecule is CC(C)c1ccc(OCC(=O)NCc2nnnn2C2CCCC2)cc1. The summed E-state index contributed by atoms with van der Waals surface area (Å²) >= 11 is 0. The van der Waals surface area contributed by atoms with Crippen LogP contribution in [-0.4, -0.2) is 32.7 Å². The Morgan fingerprint density at radius 1 is 1.28 bits per heavy atom. The van der Waals surface area contributed by atoms with E-state index in [1.165, 1.54) is 18.4 Å². The number of benzene rings is 1. The molecule has 0 saturated heterocycles. The van der Waals surface area contributed by atoms with Gasteiger partial charge in [0.1, 0.15) is 5.75 Å². The molecule has 25 heavy (non-hydrogen) atoms. The molecule has 1 aliphatic carbocycles. The van der Waals surface area contributed by atoms with Gasteiger partial charge in [0, 0.05) is 0 Å². The van der Waals surface area contributed by atoms with E-state index in [1.54, 1.807) is 0 Å². The van der Waals surface area contributed by atoms with Crippen molar-refractivity contribution in [3.8, 4) is 5.75 Å². The lowest BCUT2D eigenvalue weighted by Gasteiger charge is -2.12. The topological polar surface area (TPSA) is 81.9 Å². The zero-order valence-corrected chi connectivity index (χ0v) is 14.8. The van der Waals surface area contributed by atoms with Crippen molar-refractivity contribution in [2.24, 2.45) is 0 Å². The maximum absolute atomic E-state index is 12.0. The van der Waals surface area contributed by atoms with Gasteiger partial charge in [-0.1, -0.05) is 38.8 Å². The van der Waals surface area contributed by atoms with Gasteiger partial charge in [-0.15, -0.1) is 5.10 Å². The first-order chi connectivity index (χ1) is 12.1. The minimum atomic E-state index is -0.186. The summed E-state index contributed by atoms with van der Waals surface area (Å²) in [5.74, 6) is 1.67. The molecule has 1 saturated carbocycles. The van der Waals surface area contributed by atoms with Crippen LogP contribution < -0.4 is 10.1 Å². The second-order valence-electron chi connectivity index (χ2n) is 6.77. The zero-order valence-electron chi connectivity index (χ0n) is 14.8. The molecule has 1 aliphatic rings. The molecule has 1 aromatic heterocycles. The van der Waals surface area contributed by atoms with Crippen molar-refractivity contribution < 1.29 is 9.53 Å². The van der Waals surface area contributed by atoms with Crippen LogP contribution in [0.1, 0.15) is 62.9 Å². The molecule has 2 aromatic rings. The molecular formula is C18H25N5O2. The summed E-state index contributed by atoms with van der Waals surface area (Å²) in [6.07, 6.45) is 4.61. The van der Waals surface area contributed by atoms with Crippen LogP contribution in [-0.2, 0) is 11.3 Å². The number of amides is 1. The molecule has 0 spiro atoms. The van der Waals surface area contributed by atoms with Crippen molar-refractivity contribution in [1.82, 2.24) is 25.5 Å². The van der Waals surface area contributed by atoms with Crippen LogP contribution in [0.3, 0.4) is 0 Å². The molecule has 0 atom stereocenters. The fraction of sp³-hybridized carbons (Fsp3) is 0.556. The molecule has 1 heterocycles. The summed E-state index contributed by atoms with van der Waals surface area (Å²) in [4.78, 5) is 12.0. The minimum Gasteiger partial charge on any atom is -0.484 e. The number of nitrogens with zero attached hydrogens (tertiary/aromatic N) is 4. The van der Waals surface area contributed by atoms with E-state index < -0.39 is 0 Å². The van der Waals surface area contributed by atoms with Gasteiger partial charge in [-0.2, -0.15) is 0 Å². The van der Waals surface area contributed by atoms with Crippen molar-refractivity contribution in [2.75, 3.05) is 6.61 Å². The van der Waals surface area contributed by atoms with E-state index in [1.807, 2.05) is 28.9 Å². The van der Waals surface area contributed by atoms with E-state index in [-0.39, 0.29) is 12.5 Å². The number of nitrogens with one attached hydrogen (secondary N) is 1. The number of carbonyl (C=O) groups excluding carboxylic acids is 1. The Bertz CT molecular complexity index is 690. The fourth-order valence-electron chi connectivity index (χ4n) is 3.09. The monoisotopic (exact) mass is 343 g/mol. The first-order valence-electron chi connectivity index (χ1n) is 8.89. The Morgan fingerprint density at radius 2 is 2.00 bits per heavy atom. The molecule has 7 heteroatoms. The van der Waals surface area contributed by atoms with Crippen LogP contribution in [0, 0.1) is 0 Å². The highest BCUT2D eigenvalue weighted by Crippen LogP contribution is 2.29. The molecule has 7 nitrogen and oxygen atoms in total. The minimum absolute atomic E-state index is 0.0218. The maximum atomic E-state index is 12.0. The summed E-state index contributed by atoms with van der Waals surface area (Å²) in [6.45, 7) is 4.58. The van der Waals surface area contributed by atoms with Gasteiger partial charge in [0.05, 0.1) is 12.6 Å². The highest BCUT2D eigenvalue weighted by molar-refractivity contribution is 5.77. The third kappa shape index (κ3) is 4.55. The second-order valence-corrected chi connectivity index (χ2v) is 6.77. The van der Waals surface area contributed by atoms with Crippen LogP contribution >= 0.6 is 0 Å². The number of hydrogen-bond acceptors (Lipinski definition) is 5. The number of aromatic nitrogens is 4. The third-order valence-electron chi connectivity index (χ3n) is 4.59. The molecule has 134 valence electrons. The largest absolute Gasteiger partial charge is 0.484 e. The van der Waals surface area contributed by atoms with Gasteiger partial charge in [-0.05, 0) is 46.9 Å². The molecule has 3 rings (SSSR count). The van der Waals surface area contributed by atoms with Crippen LogP contribution in [0.25, 0.3) is 0 Å². The van der Waals surface area contributed by atoms with E-state index in [2.05, 4.69) is 34.7 Å². The number of carbonyl (C=O) groups is 1. The average Bonchev–Trinajstić information content (AvgIpc) is 3.29. The van der Waals surface area contributed by atoms with Crippen LogP contribution in [0.2, 0.25) is 0 Å². The van der Waals surface area contributed by atoms with Gasteiger partial charge in [0.25, 0.3) is 5.91 Å². The maximum Gasteiger partial charge on any atom is 0.258 e. The van der Waals surface area contributed by atoms with Gasteiger partial charge < -0.3 is 10.1 Å². The first kappa shape index (κ1) is 17.4. The van der Waals surface area contributed by atoms with Crippen LogP contribution in [0.15, 0.2) is 24.3 Å². The van der Waals surface area contributed by atoms with Gasteiger partial charge in [-0.3, -0.25) is 4.79 Å². The summed E-state index contributed by atoms with van der Waals surface area (Å²) in [5.41, 5.74) is 1.25. The normalized spacial score (nSPS) is 14.8. The van der Waals surface area contributed by atoms with Gasteiger partial charge >= 0.3 is 0 Å². The summed E-state index contributed by atoms with van der Waals surface area (Å²) < 4.78 is 7.38. The van der Waals surface area contributed by atoms with Crippen molar-refractivity contribution in [1.29, 1.82) is 0 Å². The van der Waals surface area contributed by atoms with Gasteiger partial charge in [0.2, 0.25) is 0 Å². The average molecular weight is 343 g/mol. The fourth-order valence-corrected chi connectivity index (χ4v) is 3.09. The molecule has 1 N–H and O–H groups in total. The lowest BCUT2D eigenvalue weighted by Crippen LogP contribution is -2.30. The van der Waals surface area contributed by atoms with Crippen LogP contribution in [0.4, 0.5) is 0 Å². The molecule has 1 fully saturated rings. The Morgan fingerprint density at radius 3 is 2.68 bits per heavy atom. The van der Waals surface area contributed by atoms with E-state index in [0.717, 1.165) is 12.8 Å². The van der Waals surface area contributed by atoms with E-state index in [9.17, 15) is 4.79 Å². The number of ether oxygens (including phenoxy) is 1. The molecule has 0 radical (unpaired) electrons. The standard InChI is InChI=1S/C18H25N5O2/c1-13(2)14-7-9-16(10-8-14)25-12-18(24)19-11-17-20-21-22-23(17)15-5-3-4-6-15/h7-10,13,15H,3-6,11-12H2,1-2H3,(H,19,24). The molecule has 0 unspecified atom stereocenters. The quantitative estimate of drug-likeness (QED) is 0.835. The summed E-state index contributed by atoms with van der Waals surface area (Å²) in [7, 11) is 0. The van der Waals surface area contributed by atoms with Crippen molar-refractivity contribution in [2.45, 2.75) is 58.0 Å². The molecule has 0 bridgehead atoms. The third-order valence-corrected chi connectivity index (χ3v) is 4.59. The molecule has 1 aromatic carbocycles. The highest BCUT2D eigenvalue weighted by Gasteiger charge is 2.21. The first-order valence-corrected chi connectivity index (χ1v) is 8.89. The molecule has 1 amide bonds. The van der Waals surface area contributed by atoms with Crippen molar-refractivity contribution in [3.63, 3.8) is 0 Å². The lowest BCUT2D eigenvalue weighted by molar-refractivity contribution is -0.123. The Balaban J connectivity index is 1.46. The van der Waals surface area contributed by atoms with Crippen LogP contribution in [0.5, 0.6) is 5.75 Å². The Kier molecular flexibility index (Phi) is 5.63. The Hall–Kier alpha value is -2.44. The van der Waals surface area contributed by atoms with Gasteiger partial charge in [0.15, 0.2) is 12.4 Å². The number of tetrazole rings is 1. The summed E-state index contributed by atoms with van der Waals surface area (Å²) in [6, 6.07) is 8.19. The smallest absolute Gasteiger partial charge is 0.258 e. The van der Waals surface area contributed by atoms with E-state index in [4.69, 9.17) is 4.74 Å². The molecule has 0 aliphatic heterocycles. The number of hydrogen-bond donors (Lipinski definition) is 1. The van der Waals surface area contributed by atoms with Crippen molar-refractivity contribution >= 4 is 5.91 Å². The zero-order chi connectivity index (χ0) is 17.6. The van der Waals surface area contributed by atoms with E-state index in [0.29, 0.717) is 30.1 Å². The number of rotatable bonds is 7. The Labute approximate surface area is 147 Å². The molecular weight excluding hydrogens is 318 g/mol. The predicted octanol–water partition coefficient (Wildman–Crippen LogP) is 2.61. The predicted molar refractivity (Wildman–Crippen MR) is 93.2 cm³/mol. The van der Waals surface area contributed by atoms with E-state index >= 15 is 0 Å². The lowest BCUT2D eigenvalue weighted by atomic mass is 10.0. The summed E-state index contributed by atoms with van der Waals surface area (Å²) in [5, 5.41) is 14.7. The highest BCUT2D eigenvalue weighted by atomic mass is 16.5. The van der Waals surface area contributed by atoms with Gasteiger partial charge in [-0.25, -0.2) is 4.68 Å². The van der Waals surface area contributed by atoms with Crippen molar-refractivity contribution in [3.05, 3.63) is 35.7 Å².